The fourth-order valence-corrected chi connectivity index (χ4v) is 2.49. The van der Waals surface area contributed by atoms with Gasteiger partial charge in [0.05, 0.1) is 13.0 Å². The summed E-state index contributed by atoms with van der Waals surface area (Å²) in [5, 5.41) is 0. The van der Waals surface area contributed by atoms with Crippen LogP contribution in [0.2, 0.25) is 0 Å². The predicted molar refractivity (Wildman–Crippen MR) is 79.9 cm³/mol. The molecule has 1 heterocycles. The molecule has 1 aliphatic heterocycles. The first kappa shape index (κ1) is 14.6. The van der Waals surface area contributed by atoms with Gasteiger partial charge in [0.15, 0.2) is 0 Å². The lowest BCUT2D eigenvalue weighted by Gasteiger charge is -2.33. The Kier molecular flexibility index (Phi) is 5.16. The third-order valence-corrected chi connectivity index (χ3v) is 3.72. The number of nitrogens with two attached hydrogens (primary N) is 1. The fourth-order valence-electron chi connectivity index (χ4n) is 2.49. The van der Waals surface area contributed by atoms with E-state index in [1.54, 1.807) is 0 Å². The normalized spacial score (nSPS) is 15.9. The molecule has 0 radical (unpaired) electrons. The number of piperazine rings is 1. The zero-order valence-electron chi connectivity index (χ0n) is 11.7. The molecule has 4 heteroatoms. The van der Waals surface area contributed by atoms with Crippen molar-refractivity contribution in [2.45, 2.75) is 13.0 Å². The van der Waals surface area contributed by atoms with Gasteiger partial charge in [0.1, 0.15) is 0 Å². The van der Waals surface area contributed by atoms with Gasteiger partial charge in [-0.1, -0.05) is 30.2 Å². The van der Waals surface area contributed by atoms with Gasteiger partial charge in [0.2, 0.25) is 5.91 Å². The number of benzene rings is 1. The van der Waals surface area contributed by atoms with E-state index in [1.165, 1.54) is 0 Å². The molecule has 0 spiro atoms. The summed E-state index contributed by atoms with van der Waals surface area (Å²) < 4.78 is 0. The third kappa shape index (κ3) is 3.60. The Balaban J connectivity index is 1.91. The van der Waals surface area contributed by atoms with Gasteiger partial charge in [-0.25, -0.2) is 0 Å². The molecule has 1 aliphatic rings. The van der Waals surface area contributed by atoms with E-state index in [9.17, 15) is 4.79 Å². The molecule has 0 atom stereocenters. The maximum absolute atomic E-state index is 12.3. The molecule has 1 fully saturated rings. The number of nitrogens with zero attached hydrogens (tertiary/aromatic N) is 2. The Morgan fingerprint density at radius 1 is 1.20 bits per heavy atom. The van der Waals surface area contributed by atoms with Crippen molar-refractivity contribution >= 4 is 5.91 Å². The summed E-state index contributed by atoms with van der Waals surface area (Å²) in [6.45, 7) is 4.36. The largest absolute Gasteiger partial charge is 0.340 e. The highest BCUT2D eigenvalue weighted by Gasteiger charge is 2.20. The van der Waals surface area contributed by atoms with Crippen molar-refractivity contribution in [1.29, 1.82) is 0 Å². The molecule has 20 heavy (non-hydrogen) atoms. The average Bonchev–Trinajstić information content (AvgIpc) is 2.49. The van der Waals surface area contributed by atoms with E-state index in [4.69, 9.17) is 12.2 Å². The second kappa shape index (κ2) is 7.09. The minimum absolute atomic E-state index is 0.172. The fraction of sp³-hybridized carbons (Fsp3) is 0.438. The number of rotatable bonds is 4. The second-order valence-corrected chi connectivity index (χ2v) is 5.01. The molecule has 1 aromatic rings. The summed E-state index contributed by atoms with van der Waals surface area (Å²) in [4.78, 5) is 16.4. The maximum atomic E-state index is 12.3. The summed E-state index contributed by atoms with van der Waals surface area (Å²) in [6, 6.07) is 7.86. The van der Waals surface area contributed by atoms with E-state index in [0.717, 1.165) is 37.3 Å². The third-order valence-electron chi connectivity index (χ3n) is 3.72. The van der Waals surface area contributed by atoms with Crippen LogP contribution in [-0.2, 0) is 17.8 Å². The maximum Gasteiger partial charge on any atom is 0.227 e. The van der Waals surface area contributed by atoms with Gasteiger partial charge in [0, 0.05) is 32.7 Å². The Hall–Kier alpha value is -1.83. The first-order valence-electron chi connectivity index (χ1n) is 6.95. The smallest absolute Gasteiger partial charge is 0.227 e. The SMILES string of the molecule is C#CCN1CCN(C(=O)Cc2ccccc2CN)CC1. The molecule has 0 aliphatic carbocycles. The van der Waals surface area contributed by atoms with Gasteiger partial charge < -0.3 is 10.6 Å². The van der Waals surface area contributed by atoms with E-state index >= 15 is 0 Å². The molecule has 0 bridgehead atoms. The van der Waals surface area contributed by atoms with Crippen LogP contribution in [0.15, 0.2) is 24.3 Å². The van der Waals surface area contributed by atoms with Crippen LogP contribution in [0.3, 0.4) is 0 Å². The lowest BCUT2D eigenvalue weighted by molar-refractivity contribution is -0.132. The summed E-state index contributed by atoms with van der Waals surface area (Å²) in [5.74, 6) is 2.82. The van der Waals surface area contributed by atoms with Gasteiger partial charge in [-0.2, -0.15) is 0 Å². The quantitative estimate of drug-likeness (QED) is 0.810. The Labute approximate surface area is 120 Å². The van der Waals surface area contributed by atoms with Gasteiger partial charge in [0.25, 0.3) is 0 Å². The van der Waals surface area contributed by atoms with Crippen molar-refractivity contribution in [3.63, 3.8) is 0 Å². The van der Waals surface area contributed by atoms with E-state index < -0.39 is 0 Å². The molecule has 2 N–H and O–H groups in total. The number of carbonyl (C=O) groups is 1. The lowest BCUT2D eigenvalue weighted by Crippen LogP contribution is -2.49. The molecular weight excluding hydrogens is 250 g/mol. The molecule has 1 amide bonds. The van der Waals surface area contributed by atoms with E-state index in [-0.39, 0.29) is 5.91 Å². The summed E-state index contributed by atoms with van der Waals surface area (Å²) in [5.41, 5.74) is 7.79. The van der Waals surface area contributed by atoms with Crippen LogP contribution in [-0.4, -0.2) is 48.4 Å². The second-order valence-electron chi connectivity index (χ2n) is 5.01. The van der Waals surface area contributed by atoms with Crippen LogP contribution < -0.4 is 5.73 Å². The Morgan fingerprint density at radius 2 is 1.85 bits per heavy atom. The summed E-state index contributed by atoms with van der Waals surface area (Å²) >= 11 is 0. The molecule has 2 rings (SSSR count). The number of terminal acetylenes is 1. The topological polar surface area (TPSA) is 49.6 Å². The van der Waals surface area contributed by atoms with Crippen molar-refractivity contribution < 1.29 is 4.79 Å². The highest BCUT2D eigenvalue weighted by atomic mass is 16.2. The van der Waals surface area contributed by atoms with E-state index in [1.807, 2.05) is 29.2 Å². The molecular formula is C16H21N3O. The minimum atomic E-state index is 0.172. The van der Waals surface area contributed by atoms with Crippen LogP contribution in [0, 0.1) is 12.3 Å². The number of hydrogen-bond acceptors (Lipinski definition) is 3. The van der Waals surface area contributed by atoms with Gasteiger partial charge in [-0.15, -0.1) is 6.42 Å². The van der Waals surface area contributed by atoms with Crippen LogP contribution in [0.4, 0.5) is 0 Å². The van der Waals surface area contributed by atoms with Gasteiger partial charge >= 0.3 is 0 Å². The van der Waals surface area contributed by atoms with Gasteiger partial charge in [-0.05, 0) is 11.1 Å². The zero-order chi connectivity index (χ0) is 14.4. The summed E-state index contributed by atoms with van der Waals surface area (Å²) in [6.07, 6.45) is 5.74. The molecule has 1 saturated heterocycles. The van der Waals surface area contributed by atoms with Gasteiger partial charge in [-0.3, -0.25) is 9.69 Å². The first-order chi connectivity index (χ1) is 9.74. The highest BCUT2D eigenvalue weighted by Crippen LogP contribution is 2.11. The minimum Gasteiger partial charge on any atom is -0.340 e. The van der Waals surface area contributed by atoms with Crippen molar-refractivity contribution in [3.05, 3.63) is 35.4 Å². The average molecular weight is 271 g/mol. The molecule has 1 aromatic carbocycles. The molecule has 0 unspecified atom stereocenters. The molecule has 106 valence electrons. The van der Waals surface area contributed by atoms with Crippen molar-refractivity contribution in [2.24, 2.45) is 5.73 Å². The number of amides is 1. The molecule has 0 aromatic heterocycles. The standard InChI is InChI=1S/C16H21N3O/c1-2-7-18-8-10-19(11-9-18)16(20)12-14-5-3-4-6-15(14)13-17/h1,3-6H,7-13,17H2. The highest BCUT2D eigenvalue weighted by molar-refractivity contribution is 5.79. The Morgan fingerprint density at radius 3 is 2.45 bits per heavy atom. The number of carbonyl (C=O) groups excluding carboxylic acids is 1. The van der Waals surface area contributed by atoms with Crippen molar-refractivity contribution in [2.75, 3.05) is 32.7 Å². The van der Waals surface area contributed by atoms with Crippen LogP contribution in [0.5, 0.6) is 0 Å². The Bertz CT molecular complexity index is 499. The lowest BCUT2D eigenvalue weighted by atomic mass is 10.0. The zero-order valence-corrected chi connectivity index (χ0v) is 11.7. The number of hydrogen-bond donors (Lipinski definition) is 1. The van der Waals surface area contributed by atoms with Crippen LogP contribution >= 0.6 is 0 Å². The van der Waals surface area contributed by atoms with Crippen LogP contribution in [0.25, 0.3) is 0 Å². The van der Waals surface area contributed by atoms with Crippen molar-refractivity contribution in [3.8, 4) is 12.3 Å². The van der Waals surface area contributed by atoms with E-state index in [2.05, 4.69) is 10.8 Å². The summed E-state index contributed by atoms with van der Waals surface area (Å²) in [7, 11) is 0. The van der Waals surface area contributed by atoms with E-state index in [0.29, 0.717) is 19.5 Å². The predicted octanol–water partition coefficient (Wildman–Crippen LogP) is 0.465. The first-order valence-corrected chi connectivity index (χ1v) is 6.95. The molecule has 4 nitrogen and oxygen atoms in total. The van der Waals surface area contributed by atoms with Crippen LogP contribution in [0.1, 0.15) is 11.1 Å². The van der Waals surface area contributed by atoms with Crippen molar-refractivity contribution in [1.82, 2.24) is 9.80 Å². The monoisotopic (exact) mass is 271 g/mol. The molecule has 0 saturated carbocycles.